The highest BCUT2D eigenvalue weighted by atomic mass is 16.6. The number of hydrogen-bond donors (Lipinski definition) is 2. The summed E-state index contributed by atoms with van der Waals surface area (Å²) in [6.45, 7) is 8.74. The third-order valence-electron chi connectivity index (χ3n) is 4.69. The molecule has 1 saturated carbocycles. The van der Waals surface area contributed by atoms with Crippen molar-refractivity contribution >= 4 is 5.91 Å². The van der Waals surface area contributed by atoms with Crippen molar-refractivity contribution in [2.75, 3.05) is 0 Å². The molecule has 0 aromatic carbocycles. The second kappa shape index (κ2) is 3.73. The smallest absolute Gasteiger partial charge is 0.254 e. The van der Waals surface area contributed by atoms with Gasteiger partial charge in [-0.25, -0.2) is 0 Å². The third-order valence-corrected chi connectivity index (χ3v) is 4.69. The van der Waals surface area contributed by atoms with Crippen LogP contribution < -0.4 is 10.6 Å². The second-order valence-electron chi connectivity index (χ2n) is 8.00. The molecular weight excluding hydrogens is 240 g/mol. The summed E-state index contributed by atoms with van der Waals surface area (Å²) in [4.78, 5) is 12.4. The zero-order valence-corrected chi connectivity index (χ0v) is 12.6. The molecule has 2 saturated heterocycles. The van der Waals surface area contributed by atoms with E-state index in [0.717, 1.165) is 38.5 Å². The molecular formula is C15H26N2O2. The van der Waals surface area contributed by atoms with Gasteiger partial charge < -0.3 is 15.4 Å². The Kier molecular flexibility index (Phi) is 2.63. The Hall–Kier alpha value is -0.610. The first-order chi connectivity index (χ1) is 8.66. The number of carbonyl (C=O) groups is 1. The van der Waals surface area contributed by atoms with Gasteiger partial charge in [-0.05, 0) is 53.4 Å². The molecule has 4 heteroatoms. The van der Waals surface area contributed by atoms with Crippen LogP contribution >= 0.6 is 0 Å². The van der Waals surface area contributed by atoms with Crippen LogP contribution in [-0.2, 0) is 9.53 Å². The average Bonchev–Trinajstić information content (AvgIpc) is 2.69. The standard InChI is InChI=1S/C15H26N2O2/c1-12(2)9-15(10-13(3,4)17-12)16-11(18)14(19-15)7-5-6-8-14/h17H,5-10H2,1-4H3,(H,16,18). The Labute approximate surface area is 115 Å². The Bertz CT molecular complexity index is 392. The van der Waals surface area contributed by atoms with Crippen LogP contribution in [0.3, 0.4) is 0 Å². The molecule has 0 aromatic heterocycles. The lowest BCUT2D eigenvalue weighted by atomic mass is 9.77. The fourth-order valence-electron chi connectivity index (χ4n) is 4.70. The largest absolute Gasteiger partial charge is 0.339 e. The summed E-state index contributed by atoms with van der Waals surface area (Å²) in [7, 11) is 0. The molecule has 1 aliphatic carbocycles. The van der Waals surface area contributed by atoms with Gasteiger partial charge in [0.15, 0.2) is 0 Å². The summed E-state index contributed by atoms with van der Waals surface area (Å²) in [6.07, 6.45) is 5.64. The van der Waals surface area contributed by atoms with Crippen LogP contribution in [0.25, 0.3) is 0 Å². The van der Waals surface area contributed by atoms with Crippen molar-refractivity contribution in [2.45, 2.75) is 88.6 Å². The summed E-state index contributed by atoms with van der Waals surface area (Å²) in [5, 5.41) is 6.86. The predicted octanol–water partition coefficient (Wildman–Crippen LogP) is 2.08. The van der Waals surface area contributed by atoms with Gasteiger partial charge in [0.1, 0.15) is 11.3 Å². The molecule has 1 amide bonds. The van der Waals surface area contributed by atoms with Gasteiger partial charge in [-0.1, -0.05) is 0 Å². The van der Waals surface area contributed by atoms with E-state index in [1.807, 2.05) is 0 Å². The van der Waals surface area contributed by atoms with Crippen LogP contribution in [0.1, 0.15) is 66.2 Å². The van der Waals surface area contributed by atoms with Gasteiger partial charge in [-0.15, -0.1) is 0 Å². The maximum Gasteiger partial charge on any atom is 0.254 e. The summed E-state index contributed by atoms with van der Waals surface area (Å²) >= 11 is 0. The van der Waals surface area contributed by atoms with E-state index >= 15 is 0 Å². The zero-order chi connectivity index (χ0) is 13.9. The Morgan fingerprint density at radius 3 is 2.05 bits per heavy atom. The number of amides is 1. The number of piperidine rings is 1. The van der Waals surface area contributed by atoms with E-state index in [2.05, 4.69) is 38.3 Å². The van der Waals surface area contributed by atoms with Crippen LogP contribution in [0, 0.1) is 0 Å². The summed E-state index contributed by atoms with van der Waals surface area (Å²) in [5.74, 6) is 0.124. The molecule has 0 aromatic rings. The normalized spacial score (nSPS) is 33.8. The number of rotatable bonds is 0. The van der Waals surface area contributed by atoms with Crippen LogP contribution in [0.5, 0.6) is 0 Å². The quantitative estimate of drug-likeness (QED) is 0.706. The highest BCUT2D eigenvalue weighted by molar-refractivity contribution is 5.88. The fraction of sp³-hybridized carbons (Fsp3) is 0.933. The summed E-state index contributed by atoms with van der Waals surface area (Å²) in [5.41, 5.74) is -1.05. The summed E-state index contributed by atoms with van der Waals surface area (Å²) in [6, 6.07) is 0. The van der Waals surface area contributed by atoms with Gasteiger partial charge in [0.2, 0.25) is 0 Å². The number of nitrogens with one attached hydrogen (secondary N) is 2. The predicted molar refractivity (Wildman–Crippen MR) is 73.7 cm³/mol. The highest BCUT2D eigenvalue weighted by Crippen LogP contribution is 2.47. The molecule has 108 valence electrons. The first kappa shape index (κ1) is 13.4. The maximum atomic E-state index is 12.4. The van der Waals surface area contributed by atoms with E-state index in [9.17, 15) is 4.79 Å². The highest BCUT2D eigenvalue weighted by Gasteiger charge is 2.60. The molecule has 0 atom stereocenters. The zero-order valence-electron chi connectivity index (χ0n) is 12.6. The molecule has 2 N–H and O–H groups in total. The molecule has 3 aliphatic rings. The molecule has 3 fully saturated rings. The van der Waals surface area contributed by atoms with Gasteiger partial charge in [0.25, 0.3) is 5.91 Å². The van der Waals surface area contributed by atoms with Crippen LogP contribution in [0.2, 0.25) is 0 Å². The van der Waals surface area contributed by atoms with Crippen molar-refractivity contribution in [1.82, 2.24) is 10.6 Å². The van der Waals surface area contributed by atoms with Gasteiger partial charge in [0, 0.05) is 23.9 Å². The van der Waals surface area contributed by atoms with E-state index in [4.69, 9.17) is 4.74 Å². The number of carbonyl (C=O) groups excluding carboxylic acids is 1. The first-order valence-corrected chi connectivity index (χ1v) is 7.48. The lowest BCUT2D eigenvalue weighted by Crippen LogP contribution is -2.66. The lowest BCUT2D eigenvalue weighted by Gasteiger charge is -2.51. The van der Waals surface area contributed by atoms with Gasteiger partial charge >= 0.3 is 0 Å². The van der Waals surface area contributed by atoms with Crippen LogP contribution in [0.4, 0.5) is 0 Å². The van der Waals surface area contributed by atoms with Gasteiger partial charge in [-0.2, -0.15) is 0 Å². The van der Waals surface area contributed by atoms with Crippen molar-refractivity contribution in [1.29, 1.82) is 0 Å². The molecule has 0 bridgehead atoms. The third kappa shape index (κ3) is 2.19. The monoisotopic (exact) mass is 266 g/mol. The Morgan fingerprint density at radius 2 is 1.53 bits per heavy atom. The van der Waals surface area contributed by atoms with Crippen LogP contribution in [0.15, 0.2) is 0 Å². The van der Waals surface area contributed by atoms with Crippen molar-refractivity contribution in [3.05, 3.63) is 0 Å². The molecule has 3 rings (SSSR count). The maximum absolute atomic E-state index is 12.4. The van der Waals surface area contributed by atoms with E-state index in [1.165, 1.54) is 0 Å². The molecule has 0 unspecified atom stereocenters. The summed E-state index contributed by atoms with van der Waals surface area (Å²) < 4.78 is 6.42. The van der Waals surface area contributed by atoms with E-state index in [0.29, 0.717) is 0 Å². The first-order valence-electron chi connectivity index (χ1n) is 7.48. The minimum atomic E-state index is -0.524. The van der Waals surface area contributed by atoms with Gasteiger partial charge in [-0.3, -0.25) is 4.79 Å². The van der Waals surface area contributed by atoms with Gasteiger partial charge in [0.05, 0.1) is 0 Å². The average molecular weight is 266 g/mol. The number of hydrogen-bond acceptors (Lipinski definition) is 3. The molecule has 2 spiro atoms. The van der Waals surface area contributed by atoms with Crippen molar-refractivity contribution < 1.29 is 9.53 Å². The molecule has 19 heavy (non-hydrogen) atoms. The molecule has 2 aliphatic heterocycles. The molecule has 2 heterocycles. The van der Waals surface area contributed by atoms with Crippen molar-refractivity contribution in [2.24, 2.45) is 0 Å². The van der Waals surface area contributed by atoms with Crippen molar-refractivity contribution in [3.63, 3.8) is 0 Å². The van der Waals surface area contributed by atoms with E-state index in [1.54, 1.807) is 0 Å². The van der Waals surface area contributed by atoms with E-state index in [-0.39, 0.29) is 17.0 Å². The Balaban J connectivity index is 1.90. The number of ether oxygens (including phenoxy) is 1. The SMILES string of the molecule is CC1(C)CC2(CC(C)(C)N1)NC(=O)C1(CCCC1)O2. The minimum absolute atomic E-state index is 0.0286. The van der Waals surface area contributed by atoms with E-state index < -0.39 is 11.3 Å². The minimum Gasteiger partial charge on any atom is -0.339 e. The molecule has 4 nitrogen and oxygen atoms in total. The van der Waals surface area contributed by atoms with Crippen LogP contribution in [-0.4, -0.2) is 28.3 Å². The topological polar surface area (TPSA) is 50.4 Å². The lowest BCUT2D eigenvalue weighted by molar-refractivity contribution is -0.156. The van der Waals surface area contributed by atoms with Crippen molar-refractivity contribution in [3.8, 4) is 0 Å². The molecule has 0 radical (unpaired) electrons. The Morgan fingerprint density at radius 1 is 1.00 bits per heavy atom. The fourth-order valence-corrected chi connectivity index (χ4v) is 4.70. The second-order valence-corrected chi connectivity index (χ2v) is 8.00.